The Hall–Kier alpha value is -3.93. The van der Waals surface area contributed by atoms with Crippen LogP contribution in [0.2, 0.25) is 0 Å². The van der Waals surface area contributed by atoms with Gasteiger partial charge in [-0.25, -0.2) is 28.1 Å². The summed E-state index contributed by atoms with van der Waals surface area (Å²) in [5.74, 6) is -0.632. The molecule has 0 aliphatic heterocycles. The van der Waals surface area contributed by atoms with Crippen molar-refractivity contribution < 1.29 is 4.79 Å². The number of nitrogens with one attached hydrogen (secondary N) is 1. The van der Waals surface area contributed by atoms with Crippen molar-refractivity contribution in [3.05, 3.63) is 86.6 Å². The van der Waals surface area contributed by atoms with E-state index in [1.54, 1.807) is 0 Å². The smallest absolute Gasteiger partial charge is 0.325 e. The molecule has 2 aromatic rings. The zero-order chi connectivity index (χ0) is 20.0. The van der Waals surface area contributed by atoms with Crippen LogP contribution in [0.1, 0.15) is 5.56 Å². The van der Waals surface area contributed by atoms with Crippen LogP contribution >= 0.6 is 0 Å². The van der Waals surface area contributed by atoms with Gasteiger partial charge in [-0.1, -0.05) is 12.2 Å². The number of carbonyl (C=O) groups is 1. The van der Waals surface area contributed by atoms with Crippen LogP contribution < -0.4 is 22.4 Å². The fourth-order valence-electron chi connectivity index (χ4n) is 2.36. The Morgan fingerprint density at radius 1 is 0.963 bits per heavy atom. The molecular formula is C18H17N5O4. The molecule has 0 saturated carbocycles. The Bertz CT molecular complexity index is 1050. The predicted molar refractivity (Wildman–Crippen MR) is 99.4 cm³/mol. The summed E-state index contributed by atoms with van der Waals surface area (Å²) in [6.07, 6.45) is 2.68. The molecule has 0 aliphatic carbocycles. The molecule has 0 aliphatic rings. The standard InChI is InChI=1S/C18H17N5O4/c1-3-9-21-16(25)22(10-4-2)18(27)23(17(21)26)12-15(24)20-14-7-5-13(11-19)6-8-14/h3-8H,1-2,9-10,12H2,(H,20,24). The van der Waals surface area contributed by atoms with Crippen molar-refractivity contribution in [2.75, 3.05) is 5.32 Å². The molecule has 1 N–H and O–H groups in total. The maximum absolute atomic E-state index is 12.5. The second kappa shape index (κ2) is 8.44. The Balaban J connectivity index is 2.40. The highest BCUT2D eigenvalue weighted by Gasteiger charge is 2.16. The molecule has 0 atom stereocenters. The van der Waals surface area contributed by atoms with Gasteiger partial charge in [0.2, 0.25) is 5.91 Å². The summed E-state index contributed by atoms with van der Waals surface area (Å²) < 4.78 is 2.30. The van der Waals surface area contributed by atoms with Crippen molar-refractivity contribution in [1.82, 2.24) is 13.7 Å². The van der Waals surface area contributed by atoms with Crippen molar-refractivity contribution >= 4 is 11.6 Å². The van der Waals surface area contributed by atoms with Crippen molar-refractivity contribution in [3.8, 4) is 6.07 Å². The quantitative estimate of drug-likeness (QED) is 0.694. The molecule has 9 heteroatoms. The lowest BCUT2D eigenvalue weighted by atomic mass is 10.2. The number of benzene rings is 1. The Morgan fingerprint density at radius 3 is 1.89 bits per heavy atom. The van der Waals surface area contributed by atoms with E-state index in [1.165, 1.54) is 36.4 Å². The van der Waals surface area contributed by atoms with Gasteiger partial charge in [0.1, 0.15) is 6.54 Å². The second-order valence-electron chi connectivity index (χ2n) is 5.47. The number of anilines is 1. The highest BCUT2D eigenvalue weighted by atomic mass is 16.2. The van der Waals surface area contributed by atoms with Gasteiger partial charge >= 0.3 is 17.1 Å². The third-order valence-corrected chi connectivity index (χ3v) is 3.61. The largest absolute Gasteiger partial charge is 0.337 e. The first-order chi connectivity index (χ1) is 12.9. The van der Waals surface area contributed by atoms with Crippen molar-refractivity contribution in [2.24, 2.45) is 0 Å². The predicted octanol–water partition coefficient (Wildman–Crippen LogP) is 0.0541. The van der Waals surface area contributed by atoms with Gasteiger partial charge in [-0.05, 0) is 24.3 Å². The van der Waals surface area contributed by atoms with E-state index >= 15 is 0 Å². The number of amides is 1. The summed E-state index contributed by atoms with van der Waals surface area (Å²) in [5.41, 5.74) is -1.78. The molecular weight excluding hydrogens is 350 g/mol. The summed E-state index contributed by atoms with van der Waals surface area (Å²) >= 11 is 0. The highest BCUT2D eigenvalue weighted by molar-refractivity contribution is 5.90. The van der Waals surface area contributed by atoms with Gasteiger partial charge < -0.3 is 5.32 Å². The molecule has 1 aromatic heterocycles. The highest BCUT2D eigenvalue weighted by Crippen LogP contribution is 2.08. The van der Waals surface area contributed by atoms with Gasteiger partial charge in [-0.2, -0.15) is 5.26 Å². The number of nitrogens with zero attached hydrogens (tertiary/aromatic N) is 4. The van der Waals surface area contributed by atoms with Gasteiger partial charge in [0.05, 0.1) is 24.7 Å². The van der Waals surface area contributed by atoms with Crippen molar-refractivity contribution in [1.29, 1.82) is 5.26 Å². The van der Waals surface area contributed by atoms with Crippen LogP contribution in [-0.2, 0) is 24.4 Å². The molecule has 1 aromatic carbocycles. The van der Waals surface area contributed by atoms with E-state index in [4.69, 9.17) is 5.26 Å². The zero-order valence-electron chi connectivity index (χ0n) is 14.4. The van der Waals surface area contributed by atoms with E-state index in [-0.39, 0.29) is 13.1 Å². The molecule has 0 bridgehead atoms. The van der Waals surface area contributed by atoms with Crippen LogP contribution in [0.3, 0.4) is 0 Å². The SMILES string of the molecule is C=CCn1c(=O)n(CC=C)c(=O)n(CC(=O)Nc2ccc(C#N)cc2)c1=O. The van der Waals surface area contributed by atoms with E-state index in [2.05, 4.69) is 18.5 Å². The molecule has 27 heavy (non-hydrogen) atoms. The third kappa shape index (κ3) is 4.19. The van der Waals surface area contributed by atoms with Gasteiger partial charge in [-0.3, -0.25) is 4.79 Å². The van der Waals surface area contributed by atoms with Crippen LogP contribution in [0.4, 0.5) is 5.69 Å². The molecule has 0 saturated heterocycles. The van der Waals surface area contributed by atoms with E-state index in [1.807, 2.05) is 6.07 Å². The fraction of sp³-hybridized carbons (Fsp3) is 0.167. The monoisotopic (exact) mass is 367 g/mol. The molecule has 0 spiro atoms. The van der Waals surface area contributed by atoms with Gasteiger partial charge in [0.15, 0.2) is 0 Å². The number of hydrogen-bond acceptors (Lipinski definition) is 5. The van der Waals surface area contributed by atoms with Crippen LogP contribution in [0.5, 0.6) is 0 Å². The molecule has 0 radical (unpaired) electrons. The lowest BCUT2D eigenvalue weighted by Gasteiger charge is -2.12. The van der Waals surface area contributed by atoms with Crippen molar-refractivity contribution in [2.45, 2.75) is 19.6 Å². The average Bonchev–Trinajstić information content (AvgIpc) is 2.66. The molecule has 138 valence electrons. The number of allylic oxidation sites excluding steroid dienone is 2. The first kappa shape index (κ1) is 19.4. The molecule has 1 heterocycles. The number of hydrogen-bond donors (Lipinski definition) is 1. The topological polar surface area (TPSA) is 119 Å². The maximum atomic E-state index is 12.5. The van der Waals surface area contributed by atoms with Crippen LogP contribution in [0, 0.1) is 11.3 Å². The second-order valence-corrected chi connectivity index (χ2v) is 5.47. The molecule has 0 unspecified atom stereocenters. The van der Waals surface area contributed by atoms with E-state index in [0.29, 0.717) is 15.8 Å². The van der Waals surface area contributed by atoms with Crippen LogP contribution in [-0.4, -0.2) is 19.6 Å². The lowest BCUT2D eigenvalue weighted by Crippen LogP contribution is -2.55. The molecule has 0 fully saturated rings. The zero-order valence-corrected chi connectivity index (χ0v) is 14.4. The number of carbonyl (C=O) groups excluding carboxylic acids is 1. The van der Waals surface area contributed by atoms with E-state index in [0.717, 1.165) is 9.13 Å². The van der Waals surface area contributed by atoms with E-state index in [9.17, 15) is 19.2 Å². The summed E-state index contributed by atoms with van der Waals surface area (Å²) in [7, 11) is 0. The maximum Gasteiger partial charge on any atom is 0.337 e. The molecule has 1 amide bonds. The Morgan fingerprint density at radius 2 is 1.44 bits per heavy atom. The van der Waals surface area contributed by atoms with Crippen molar-refractivity contribution in [3.63, 3.8) is 0 Å². The minimum atomic E-state index is -0.903. The number of nitriles is 1. The molecule has 2 rings (SSSR count). The summed E-state index contributed by atoms with van der Waals surface area (Å²) in [4.78, 5) is 49.4. The van der Waals surface area contributed by atoms with Crippen LogP contribution in [0.25, 0.3) is 0 Å². The Labute approximate surface area is 153 Å². The van der Waals surface area contributed by atoms with Crippen LogP contribution in [0.15, 0.2) is 64.0 Å². The average molecular weight is 367 g/mol. The Kier molecular flexibility index (Phi) is 6.06. The number of aromatic nitrogens is 3. The van der Waals surface area contributed by atoms with Gasteiger partial charge in [-0.15, -0.1) is 13.2 Å². The van der Waals surface area contributed by atoms with Gasteiger partial charge in [0.25, 0.3) is 0 Å². The summed E-state index contributed by atoms with van der Waals surface area (Å²) in [6.45, 7) is 6.17. The van der Waals surface area contributed by atoms with E-state index < -0.39 is 29.5 Å². The third-order valence-electron chi connectivity index (χ3n) is 3.61. The van der Waals surface area contributed by atoms with Gasteiger partial charge in [0, 0.05) is 5.69 Å². The minimum absolute atomic E-state index is 0.105. The number of rotatable bonds is 7. The minimum Gasteiger partial charge on any atom is -0.325 e. The summed E-state index contributed by atoms with van der Waals surface area (Å²) in [6, 6.07) is 8.03. The normalized spacial score (nSPS) is 10.0. The lowest BCUT2D eigenvalue weighted by molar-refractivity contribution is -0.116. The summed E-state index contributed by atoms with van der Waals surface area (Å²) in [5, 5.41) is 11.3. The molecule has 9 nitrogen and oxygen atoms in total. The first-order valence-electron chi connectivity index (χ1n) is 7.89. The fourth-order valence-corrected chi connectivity index (χ4v) is 2.36. The first-order valence-corrected chi connectivity index (χ1v) is 7.89.